The summed E-state index contributed by atoms with van der Waals surface area (Å²) in [4.78, 5) is 0. The van der Waals surface area contributed by atoms with E-state index in [2.05, 4.69) is 182 Å². The molecular weight excluding hydrogens is 670 g/mol. The van der Waals surface area contributed by atoms with Crippen LogP contribution in [0.2, 0.25) is 0 Å². The van der Waals surface area contributed by atoms with Crippen molar-refractivity contribution in [2.45, 2.75) is 12.3 Å². The minimum atomic E-state index is -0.601. The second-order valence-corrected chi connectivity index (χ2v) is 17.3. The Morgan fingerprint density at radius 3 is 0.981 bits per heavy atom. The zero-order valence-corrected chi connectivity index (χ0v) is 31.2. The third-order valence-corrected chi connectivity index (χ3v) is 14.8. The zero-order valence-electron chi connectivity index (χ0n) is 29.4. The monoisotopic (exact) mass is 710 g/mol. The van der Waals surface area contributed by atoms with Gasteiger partial charge in [0.05, 0.1) is 14.2 Å². The fraction of sp³-hybridized carbons (Fsp3) is 0.0833. The Hall–Kier alpha value is -5.26. The lowest BCUT2D eigenvalue weighted by Crippen LogP contribution is -2.13. The number of hydrogen-bond acceptors (Lipinski definition) is 2. The fourth-order valence-electron chi connectivity index (χ4n) is 7.21. The van der Waals surface area contributed by atoms with E-state index in [0.29, 0.717) is 0 Å². The summed E-state index contributed by atoms with van der Waals surface area (Å²) in [5.74, 6) is 1.68. The summed E-state index contributed by atoms with van der Waals surface area (Å²) in [5, 5.41) is 10.2. The van der Waals surface area contributed by atoms with Crippen LogP contribution in [0.25, 0.3) is 32.7 Å². The van der Waals surface area contributed by atoms with Gasteiger partial charge in [-0.15, -0.1) is 0 Å². The molecule has 0 heterocycles. The van der Waals surface area contributed by atoms with Crippen LogP contribution in [0.4, 0.5) is 0 Å². The lowest BCUT2D eigenvalue weighted by atomic mass is 9.91. The van der Waals surface area contributed by atoms with E-state index in [1.807, 2.05) is 0 Å². The molecule has 0 bridgehead atoms. The first kappa shape index (κ1) is 33.9. The molecule has 0 N–H and O–H groups in total. The van der Waals surface area contributed by atoms with E-state index >= 15 is 0 Å². The Kier molecular flexibility index (Phi) is 10.1. The highest BCUT2D eigenvalue weighted by atomic mass is 31.1. The highest BCUT2D eigenvalue weighted by Crippen LogP contribution is 2.47. The molecule has 0 aliphatic heterocycles. The molecule has 0 aromatic heterocycles. The quantitative estimate of drug-likeness (QED) is 0.124. The van der Waals surface area contributed by atoms with Crippen molar-refractivity contribution in [3.63, 3.8) is 0 Å². The SMILES string of the molecule is COc1ccc2ccc(CP(c3ccccc3)c3ccccc3)cc2c1-c1c(OC)ccc2ccc(CP(c3ccccc3)c3ccccc3)cc12. The van der Waals surface area contributed by atoms with Crippen molar-refractivity contribution in [1.29, 1.82) is 0 Å². The van der Waals surface area contributed by atoms with Crippen molar-refractivity contribution in [2.75, 3.05) is 14.2 Å². The first-order valence-electron chi connectivity index (χ1n) is 17.6. The number of ether oxygens (including phenoxy) is 2. The van der Waals surface area contributed by atoms with Gasteiger partial charge in [-0.05, 0) is 81.9 Å². The summed E-state index contributed by atoms with van der Waals surface area (Å²) >= 11 is 0. The second-order valence-electron chi connectivity index (χ2n) is 12.9. The molecule has 8 aromatic carbocycles. The average molecular weight is 711 g/mol. The Morgan fingerprint density at radius 1 is 0.365 bits per heavy atom. The van der Waals surface area contributed by atoms with Crippen molar-refractivity contribution in [1.82, 2.24) is 0 Å². The molecular formula is C48H40O2P2. The maximum Gasteiger partial charge on any atom is 0.127 e. The minimum Gasteiger partial charge on any atom is -0.496 e. The van der Waals surface area contributed by atoms with Crippen LogP contribution in [0.5, 0.6) is 11.5 Å². The van der Waals surface area contributed by atoms with Crippen LogP contribution in [0.1, 0.15) is 11.1 Å². The van der Waals surface area contributed by atoms with Crippen LogP contribution >= 0.6 is 15.8 Å². The predicted octanol–water partition coefficient (Wildman–Crippen LogP) is 10.9. The summed E-state index contributed by atoms with van der Waals surface area (Å²) in [6.45, 7) is 0. The largest absolute Gasteiger partial charge is 0.496 e. The van der Waals surface area contributed by atoms with Crippen molar-refractivity contribution in [3.05, 3.63) is 193 Å². The maximum atomic E-state index is 6.18. The molecule has 0 saturated carbocycles. The molecule has 0 spiro atoms. The van der Waals surface area contributed by atoms with E-state index < -0.39 is 15.8 Å². The standard InChI is InChI=1S/C48H40O2P2/c1-49-45-29-27-37-25-23-35(33-51(39-15-7-3-8-16-39)40-17-9-4-10-18-40)31-43(37)47(45)48-44-32-36(24-26-38(44)28-30-46(48)50-2)34-52(41-19-11-5-12-20-41)42-21-13-6-14-22-42/h3-32H,33-34H2,1-2H3. The average Bonchev–Trinajstić information content (AvgIpc) is 3.22. The molecule has 8 aromatic rings. The van der Waals surface area contributed by atoms with E-state index in [0.717, 1.165) is 34.9 Å². The van der Waals surface area contributed by atoms with Gasteiger partial charge in [-0.2, -0.15) is 0 Å². The first-order chi connectivity index (χ1) is 25.7. The molecule has 254 valence electrons. The summed E-state index contributed by atoms with van der Waals surface area (Å²) in [6.07, 6.45) is 1.88. The number of hydrogen-bond donors (Lipinski definition) is 0. The van der Waals surface area contributed by atoms with E-state index in [4.69, 9.17) is 9.47 Å². The van der Waals surface area contributed by atoms with E-state index in [-0.39, 0.29) is 0 Å². The molecule has 0 radical (unpaired) electrons. The molecule has 8 rings (SSSR count). The molecule has 0 saturated heterocycles. The Bertz CT molecular complexity index is 2180. The topological polar surface area (TPSA) is 18.5 Å². The molecule has 0 atom stereocenters. The Morgan fingerprint density at radius 2 is 0.673 bits per heavy atom. The highest BCUT2D eigenvalue weighted by Gasteiger charge is 2.22. The van der Waals surface area contributed by atoms with Gasteiger partial charge in [-0.25, -0.2) is 0 Å². The number of benzene rings is 8. The summed E-state index contributed by atoms with van der Waals surface area (Å²) in [5.41, 5.74) is 4.74. The molecule has 0 aliphatic carbocycles. The molecule has 4 heteroatoms. The molecule has 0 amide bonds. The van der Waals surface area contributed by atoms with Crippen molar-refractivity contribution < 1.29 is 9.47 Å². The van der Waals surface area contributed by atoms with Gasteiger partial charge in [0.1, 0.15) is 11.5 Å². The molecule has 52 heavy (non-hydrogen) atoms. The van der Waals surface area contributed by atoms with Gasteiger partial charge >= 0.3 is 0 Å². The van der Waals surface area contributed by atoms with Gasteiger partial charge in [-0.1, -0.05) is 170 Å². The first-order valence-corrected chi connectivity index (χ1v) is 20.7. The van der Waals surface area contributed by atoms with E-state index in [1.54, 1.807) is 14.2 Å². The van der Waals surface area contributed by atoms with Crippen molar-refractivity contribution in [3.8, 4) is 22.6 Å². The van der Waals surface area contributed by atoms with Gasteiger partial charge < -0.3 is 9.47 Å². The van der Waals surface area contributed by atoms with Gasteiger partial charge in [0.15, 0.2) is 0 Å². The zero-order chi connectivity index (χ0) is 35.3. The smallest absolute Gasteiger partial charge is 0.127 e. The molecule has 0 fully saturated rings. The van der Waals surface area contributed by atoms with Crippen LogP contribution < -0.4 is 30.7 Å². The lowest BCUT2D eigenvalue weighted by Gasteiger charge is -2.22. The maximum absolute atomic E-state index is 6.18. The highest BCUT2D eigenvalue weighted by molar-refractivity contribution is 7.72. The fourth-order valence-corrected chi connectivity index (χ4v) is 11.8. The van der Waals surface area contributed by atoms with Crippen molar-refractivity contribution in [2.24, 2.45) is 0 Å². The molecule has 0 aliphatic rings. The number of methoxy groups -OCH3 is 2. The van der Waals surface area contributed by atoms with Crippen molar-refractivity contribution >= 4 is 58.6 Å². The van der Waals surface area contributed by atoms with Gasteiger partial charge in [0.2, 0.25) is 0 Å². The molecule has 0 unspecified atom stereocenters. The summed E-state index contributed by atoms with van der Waals surface area (Å²) in [6, 6.07) is 66.3. The second kappa shape index (κ2) is 15.5. The molecule has 2 nitrogen and oxygen atoms in total. The lowest BCUT2D eigenvalue weighted by molar-refractivity contribution is 0.411. The van der Waals surface area contributed by atoms with Gasteiger partial charge in [0, 0.05) is 23.5 Å². The summed E-state index contributed by atoms with van der Waals surface area (Å²) in [7, 11) is 2.34. The van der Waals surface area contributed by atoms with Crippen LogP contribution in [0, 0.1) is 0 Å². The van der Waals surface area contributed by atoms with Crippen LogP contribution in [-0.2, 0) is 12.3 Å². The van der Waals surface area contributed by atoms with Gasteiger partial charge in [-0.3, -0.25) is 0 Å². The predicted molar refractivity (Wildman–Crippen MR) is 226 cm³/mol. The van der Waals surface area contributed by atoms with Crippen LogP contribution in [-0.4, -0.2) is 14.2 Å². The van der Waals surface area contributed by atoms with Gasteiger partial charge in [0.25, 0.3) is 0 Å². The van der Waals surface area contributed by atoms with E-state index in [9.17, 15) is 0 Å². The summed E-state index contributed by atoms with van der Waals surface area (Å²) < 4.78 is 12.4. The van der Waals surface area contributed by atoms with Crippen LogP contribution in [0.15, 0.2) is 182 Å². The number of fused-ring (bicyclic) bond motifs is 2. The third-order valence-electron chi connectivity index (χ3n) is 9.74. The Labute approximate surface area is 309 Å². The Balaban J connectivity index is 1.28. The van der Waals surface area contributed by atoms with E-state index in [1.165, 1.54) is 53.9 Å². The number of rotatable bonds is 11. The minimum absolute atomic E-state index is 0.601. The third kappa shape index (κ3) is 6.98. The van der Waals surface area contributed by atoms with Crippen LogP contribution in [0.3, 0.4) is 0 Å². The normalized spacial score (nSPS) is 11.4.